The molecule has 2 aromatic rings. The van der Waals surface area contributed by atoms with Gasteiger partial charge < -0.3 is 9.84 Å². The lowest BCUT2D eigenvalue weighted by Gasteiger charge is -2.18. The van der Waals surface area contributed by atoms with Gasteiger partial charge in [-0.3, -0.25) is 14.2 Å². The van der Waals surface area contributed by atoms with Crippen LogP contribution in [0, 0.1) is 18.3 Å². The van der Waals surface area contributed by atoms with Gasteiger partial charge in [0.05, 0.1) is 10.6 Å². The molecule has 0 bridgehead atoms. The van der Waals surface area contributed by atoms with Crippen LogP contribution in [-0.2, 0) is 0 Å². The van der Waals surface area contributed by atoms with Crippen molar-refractivity contribution in [1.29, 1.82) is 5.26 Å². The van der Waals surface area contributed by atoms with Crippen molar-refractivity contribution in [3.8, 4) is 17.7 Å². The minimum absolute atomic E-state index is 0.114. The summed E-state index contributed by atoms with van der Waals surface area (Å²) in [6, 6.07) is 5.90. The monoisotopic (exact) mass is 394 g/mol. The van der Waals surface area contributed by atoms with Crippen LogP contribution in [0.25, 0.3) is 0 Å². The number of hydrogen-bond acceptors (Lipinski definition) is 5. The van der Waals surface area contributed by atoms with Gasteiger partial charge in [-0.15, -0.1) is 0 Å². The molecule has 1 N–H and O–H groups in total. The molecule has 8 heteroatoms. The number of hydrogen-bond donors (Lipinski definition) is 1. The minimum atomic E-state index is -0.643. The number of rotatable bonds is 5. The summed E-state index contributed by atoms with van der Waals surface area (Å²) in [4.78, 5) is 24.9. The fourth-order valence-electron chi connectivity index (χ4n) is 2.54. The fraction of sp³-hybridized carbons (Fsp3) is 0.278. The molecular formula is C18H16Cl2N2O4. The van der Waals surface area contributed by atoms with Crippen molar-refractivity contribution < 1.29 is 14.6 Å². The molecule has 2 rings (SSSR count). The van der Waals surface area contributed by atoms with E-state index < -0.39 is 29.9 Å². The first-order valence-corrected chi connectivity index (χ1v) is 8.43. The highest BCUT2D eigenvalue weighted by Gasteiger charge is 2.25. The molecule has 1 aromatic carbocycles. The second-order valence-corrected chi connectivity index (χ2v) is 6.71. The molecule has 0 aliphatic carbocycles. The van der Waals surface area contributed by atoms with E-state index in [0.717, 1.165) is 4.57 Å². The minimum Gasteiger partial charge on any atom is -0.494 e. The normalized spacial score (nSPS) is 10.7. The standard InChI is InChI=1S/C18H16Cl2N2O4/c1-9(2)22-17(24)12(7-21)10(3)16(18(22)25)14(23)8-26-15-5-4-11(19)6-13(15)20/h4-6,9,25H,8H2,1-3H3. The third-order valence-corrected chi connectivity index (χ3v) is 4.32. The maximum absolute atomic E-state index is 12.6. The van der Waals surface area contributed by atoms with Crippen LogP contribution < -0.4 is 10.3 Å². The summed E-state index contributed by atoms with van der Waals surface area (Å²) in [5.74, 6) is -0.825. The van der Waals surface area contributed by atoms with Crippen LogP contribution in [0.5, 0.6) is 11.6 Å². The molecular weight excluding hydrogens is 379 g/mol. The van der Waals surface area contributed by atoms with Crippen molar-refractivity contribution in [2.75, 3.05) is 6.61 Å². The molecule has 0 atom stereocenters. The number of benzene rings is 1. The third-order valence-electron chi connectivity index (χ3n) is 3.79. The summed E-state index contributed by atoms with van der Waals surface area (Å²) >= 11 is 11.8. The highest BCUT2D eigenvalue weighted by Crippen LogP contribution is 2.29. The number of ether oxygens (including phenoxy) is 1. The van der Waals surface area contributed by atoms with Crippen LogP contribution in [0.1, 0.15) is 41.4 Å². The first-order valence-electron chi connectivity index (χ1n) is 7.68. The predicted octanol–water partition coefficient (Wildman–Crippen LogP) is 3.88. The second kappa shape index (κ2) is 7.81. The zero-order chi connectivity index (χ0) is 19.6. The van der Waals surface area contributed by atoms with Gasteiger partial charge in [0.1, 0.15) is 17.4 Å². The van der Waals surface area contributed by atoms with Gasteiger partial charge >= 0.3 is 0 Å². The van der Waals surface area contributed by atoms with E-state index in [2.05, 4.69) is 0 Å². The van der Waals surface area contributed by atoms with E-state index in [1.54, 1.807) is 26.0 Å². The zero-order valence-corrected chi connectivity index (χ0v) is 15.9. The van der Waals surface area contributed by atoms with Crippen molar-refractivity contribution in [2.24, 2.45) is 0 Å². The smallest absolute Gasteiger partial charge is 0.271 e. The molecule has 0 aliphatic heterocycles. The van der Waals surface area contributed by atoms with Gasteiger partial charge in [-0.2, -0.15) is 5.26 Å². The Bertz CT molecular complexity index is 975. The molecule has 1 heterocycles. The average Bonchev–Trinajstić information content (AvgIpc) is 2.53. The number of nitriles is 1. The molecule has 1 aromatic heterocycles. The summed E-state index contributed by atoms with van der Waals surface area (Å²) in [6.07, 6.45) is 0. The van der Waals surface area contributed by atoms with Gasteiger partial charge in [0, 0.05) is 11.1 Å². The highest BCUT2D eigenvalue weighted by atomic mass is 35.5. The van der Waals surface area contributed by atoms with Crippen LogP contribution in [-0.4, -0.2) is 22.1 Å². The Labute approximate surface area is 160 Å². The van der Waals surface area contributed by atoms with Crippen LogP contribution in [0.3, 0.4) is 0 Å². The Morgan fingerprint density at radius 2 is 2.04 bits per heavy atom. The number of pyridine rings is 1. The van der Waals surface area contributed by atoms with Crippen molar-refractivity contribution in [3.05, 3.63) is 55.3 Å². The van der Waals surface area contributed by atoms with E-state index in [-0.39, 0.29) is 27.5 Å². The van der Waals surface area contributed by atoms with E-state index >= 15 is 0 Å². The van der Waals surface area contributed by atoms with E-state index in [1.165, 1.54) is 19.1 Å². The van der Waals surface area contributed by atoms with Gasteiger partial charge in [-0.1, -0.05) is 23.2 Å². The number of aromatic nitrogens is 1. The van der Waals surface area contributed by atoms with Gasteiger partial charge in [-0.05, 0) is 44.5 Å². The number of carbonyl (C=O) groups is 1. The molecule has 0 fully saturated rings. The molecule has 0 unspecified atom stereocenters. The first-order chi connectivity index (χ1) is 12.2. The lowest BCUT2D eigenvalue weighted by molar-refractivity contribution is 0.0916. The Balaban J connectivity index is 2.44. The topological polar surface area (TPSA) is 92.3 Å². The van der Waals surface area contributed by atoms with Crippen molar-refractivity contribution >= 4 is 29.0 Å². The first kappa shape index (κ1) is 19.8. The Kier molecular flexibility index (Phi) is 5.96. The highest BCUT2D eigenvalue weighted by molar-refractivity contribution is 6.35. The Hall–Kier alpha value is -2.49. The van der Waals surface area contributed by atoms with E-state index in [0.29, 0.717) is 5.02 Å². The summed E-state index contributed by atoms with van der Waals surface area (Å²) in [7, 11) is 0. The maximum Gasteiger partial charge on any atom is 0.271 e. The number of nitrogens with zero attached hydrogens (tertiary/aromatic N) is 2. The molecule has 6 nitrogen and oxygen atoms in total. The maximum atomic E-state index is 12.6. The van der Waals surface area contributed by atoms with Crippen molar-refractivity contribution in [3.63, 3.8) is 0 Å². The number of ketones is 1. The largest absolute Gasteiger partial charge is 0.494 e. The molecule has 0 radical (unpaired) electrons. The van der Waals surface area contributed by atoms with Crippen LogP contribution in [0.2, 0.25) is 10.0 Å². The SMILES string of the molecule is Cc1c(C(=O)COc2ccc(Cl)cc2Cl)c(O)n(C(C)C)c(=O)c1C#N. The molecule has 0 spiro atoms. The summed E-state index contributed by atoms with van der Waals surface area (Å²) in [6.45, 7) is 4.33. The van der Waals surface area contributed by atoms with Crippen LogP contribution in [0.4, 0.5) is 0 Å². The van der Waals surface area contributed by atoms with E-state index in [9.17, 15) is 20.0 Å². The van der Waals surface area contributed by atoms with Crippen molar-refractivity contribution in [1.82, 2.24) is 4.57 Å². The van der Waals surface area contributed by atoms with Gasteiger partial charge in [0.2, 0.25) is 11.7 Å². The van der Waals surface area contributed by atoms with Crippen LogP contribution in [0.15, 0.2) is 23.0 Å². The Morgan fingerprint density at radius 1 is 1.38 bits per heavy atom. The Morgan fingerprint density at radius 3 is 2.58 bits per heavy atom. The molecule has 136 valence electrons. The molecule has 0 aliphatic rings. The fourth-order valence-corrected chi connectivity index (χ4v) is 3.01. The number of carbonyl (C=O) groups excluding carboxylic acids is 1. The van der Waals surface area contributed by atoms with Crippen molar-refractivity contribution in [2.45, 2.75) is 26.8 Å². The van der Waals surface area contributed by atoms with Gasteiger partial charge in [-0.25, -0.2) is 0 Å². The molecule has 0 amide bonds. The predicted molar refractivity (Wildman–Crippen MR) is 98.5 cm³/mol. The summed E-state index contributed by atoms with van der Waals surface area (Å²) in [5.41, 5.74) is -0.845. The zero-order valence-electron chi connectivity index (χ0n) is 14.3. The molecule has 0 saturated heterocycles. The quantitative estimate of drug-likeness (QED) is 0.776. The van der Waals surface area contributed by atoms with E-state index in [4.69, 9.17) is 27.9 Å². The second-order valence-electron chi connectivity index (χ2n) is 5.87. The van der Waals surface area contributed by atoms with E-state index in [1.807, 2.05) is 0 Å². The number of Topliss-reactive ketones (excluding diaryl/α,β-unsaturated/α-hetero) is 1. The number of aromatic hydroxyl groups is 1. The lowest BCUT2D eigenvalue weighted by Crippen LogP contribution is -2.28. The van der Waals surface area contributed by atoms with Gasteiger partial charge in [0.25, 0.3) is 5.56 Å². The third kappa shape index (κ3) is 3.69. The summed E-state index contributed by atoms with van der Waals surface area (Å²) in [5, 5.41) is 20.3. The summed E-state index contributed by atoms with van der Waals surface area (Å²) < 4.78 is 6.41. The van der Waals surface area contributed by atoms with Gasteiger partial charge in [0.15, 0.2) is 6.61 Å². The molecule has 0 saturated carbocycles. The molecule has 26 heavy (non-hydrogen) atoms. The lowest BCUT2D eigenvalue weighted by atomic mass is 10.0. The number of halogens is 2. The van der Waals surface area contributed by atoms with Crippen LogP contribution >= 0.6 is 23.2 Å². The average molecular weight is 395 g/mol.